The van der Waals surface area contributed by atoms with E-state index in [2.05, 4.69) is 10.6 Å². The van der Waals surface area contributed by atoms with Crippen molar-refractivity contribution in [1.29, 1.82) is 0 Å². The first-order chi connectivity index (χ1) is 9.97. The summed E-state index contributed by atoms with van der Waals surface area (Å²) in [4.78, 5) is 22.5. The predicted octanol–water partition coefficient (Wildman–Crippen LogP) is 3.44. The molecule has 0 atom stereocenters. The summed E-state index contributed by atoms with van der Waals surface area (Å²) < 4.78 is 0. The van der Waals surface area contributed by atoms with Gasteiger partial charge in [0.1, 0.15) is 5.02 Å². The number of nitrogens with one attached hydrogen (secondary N) is 2. The fraction of sp³-hybridized carbons (Fsp3) is 0. The first-order valence-corrected chi connectivity index (χ1v) is 7.24. The number of carbonyl (C=O) groups is 1. The number of rotatable bonds is 3. The van der Waals surface area contributed by atoms with Gasteiger partial charge in [0.05, 0.1) is 9.80 Å². The van der Waals surface area contributed by atoms with E-state index in [-0.39, 0.29) is 21.7 Å². The van der Waals surface area contributed by atoms with Crippen molar-refractivity contribution in [3.05, 3.63) is 55.7 Å². The molecule has 1 aromatic heterocycles. The number of amides is 1. The Morgan fingerprint density at radius 3 is 2.76 bits per heavy atom. The monoisotopic (exact) mass is 341 g/mol. The fourth-order valence-corrected chi connectivity index (χ4v) is 2.48. The van der Waals surface area contributed by atoms with Gasteiger partial charge in [-0.1, -0.05) is 17.7 Å². The van der Waals surface area contributed by atoms with Crippen LogP contribution in [0.4, 0.5) is 11.4 Å². The van der Waals surface area contributed by atoms with Crippen LogP contribution in [-0.4, -0.2) is 15.9 Å². The maximum atomic E-state index is 11.8. The fourth-order valence-electron chi connectivity index (χ4n) is 1.47. The maximum absolute atomic E-state index is 11.8. The van der Waals surface area contributed by atoms with E-state index < -0.39 is 4.92 Å². The van der Waals surface area contributed by atoms with Gasteiger partial charge in [-0.3, -0.25) is 20.2 Å². The molecule has 2 rings (SSSR count). The lowest BCUT2D eigenvalue weighted by Gasteiger charge is -2.09. The number of hydrogen-bond acceptors (Lipinski definition) is 5. The van der Waals surface area contributed by atoms with Gasteiger partial charge in [0.15, 0.2) is 5.11 Å². The number of thiocarbonyl (C=S) groups is 1. The van der Waals surface area contributed by atoms with E-state index in [1.165, 1.54) is 29.5 Å². The molecule has 0 saturated heterocycles. The van der Waals surface area contributed by atoms with Crippen LogP contribution < -0.4 is 10.6 Å². The molecule has 2 aromatic rings. The van der Waals surface area contributed by atoms with Crippen LogP contribution in [0.3, 0.4) is 0 Å². The van der Waals surface area contributed by atoms with Gasteiger partial charge in [-0.25, -0.2) is 0 Å². The average Bonchev–Trinajstić information content (AvgIpc) is 2.94. The lowest BCUT2D eigenvalue weighted by Crippen LogP contribution is -2.33. The highest BCUT2D eigenvalue weighted by molar-refractivity contribution is 7.80. The van der Waals surface area contributed by atoms with E-state index >= 15 is 0 Å². The molecule has 2 N–H and O–H groups in total. The number of nitro benzene ring substituents is 1. The smallest absolute Gasteiger partial charge is 0.289 e. The van der Waals surface area contributed by atoms with Crippen LogP contribution >= 0.6 is 35.2 Å². The molecule has 1 amide bonds. The quantitative estimate of drug-likeness (QED) is 0.507. The molecule has 6 nitrogen and oxygen atoms in total. The Bertz CT molecular complexity index is 704. The van der Waals surface area contributed by atoms with E-state index in [1.54, 1.807) is 17.5 Å². The molecule has 0 aliphatic carbocycles. The van der Waals surface area contributed by atoms with E-state index in [1.807, 2.05) is 0 Å². The Balaban J connectivity index is 2.05. The van der Waals surface area contributed by atoms with Gasteiger partial charge in [-0.2, -0.15) is 0 Å². The SMILES string of the molecule is O=C(NC(=S)Nc1ccc(Cl)c([N+](=O)[O-])c1)c1cccs1. The number of carbonyl (C=O) groups excluding carboxylic acids is 1. The van der Waals surface area contributed by atoms with Gasteiger partial charge in [-0.15, -0.1) is 11.3 Å². The van der Waals surface area contributed by atoms with Gasteiger partial charge in [0.2, 0.25) is 0 Å². The second kappa shape index (κ2) is 6.61. The number of anilines is 1. The standard InChI is InChI=1S/C12H8ClN3O3S2/c13-8-4-3-7(6-9(8)16(18)19)14-12(20)15-11(17)10-2-1-5-21-10/h1-6H,(H2,14,15,17,20). The summed E-state index contributed by atoms with van der Waals surface area (Å²) >= 11 is 12.0. The number of halogens is 1. The number of thiophene rings is 1. The predicted molar refractivity (Wildman–Crippen MR) is 86.1 cm³/mol. The number of nitro groups is 1. The van der Waals surface area contributed by atoms with Crippen LogP contribution in [0, 0.1) is 10.1 Å². The summed E-state index contributed by atoms with van der Waals surface area (Å²) in [7, 11) is 0. The van der Waals surface area contributed by atoms with E-state index in [0.29, 0.717) is 10.6 Å². The molecule has 1 heterocycles. The Kier molecular flexibility index (Phi) is 4.84. The molecule has 0 saturated carbocycles. The van der Waals surface area contributed by atoms with Gasteiger partial charge >= 0.3 is 0 Å². The molecule has 108 valence electrons. The van der Waals surface area contributed by atoms with E-state index in [0.717, 1.165) is 0 Å². The molecular formula is C12H8ClN3O3S2. The minimum Gasteiger partial charge on any atom is -0.332 e. The molecular weight excluding hydrogens is 334 g/mol. The molecule has 21 heavy (non-hydrogen) atoms. The zero-order valence-corrected chi connectivity index (χ0v) is 12.7. The third-order valence-electron chi connectivity index (χ3n) is 2.37. The van der Waals surface area contributed by atoms with Gasteiger partial charge in [0, 0.05) is 11.8 Å². The van der Waals surface area contributed by atoms with Crippen molar-refractivity contribution in [3.8, 4) is 0 Å². The van der Waals surface area contributed by atoms with Crippen LogP contribution in [0.5, 0.6) is 0 Å². The molecule has 0 unspecified atom stereocenters. The van der Waals surface area contributed by atoms with E-state index in [9.17, 15) is 14.9 Å². The Morgan fingerprint density at radius 1 is 1.38 bits per heavy atom. The summed E-state index contributed by atoms with van der Waals surface area (Å²) in [6, 6.07) is 7.56. The molecule has 0 spiro atoms. The molecule has 1 aromatic carbocycles. The van der Waals surface area contributed by atoms with E-state index in [4.69, 9.17) is 23.8 Å². The minimum absolute atomic E-state index is 0.0269. The highest BCUT2D eigenvalue weighted by atomic mass is 35.5. The van der Waals surface area contributed by atoms with Crippen molar-refractivity contribution >= 4 is 57.5 Å². The minimum atomic E-state index is -0.596. The highest BCUT2D eigenvalue weighted by Crippen LogP contribution is 2.27. The number of benzene rings is 1. The average molecular weight is 342 g/mol. The summed E-state index contributed by atoms with van der Waals surface area (Å²) in [6.07, 6.45) is 0. The summed E-state index contributed by atoms with van der Waals surface area (Å²) in [5.74, 6) is -0.342. The third kappa shape index (κ3) is 3.97. The lowest BCUT2D eigenvalue weighted by molar-refractivity contribution is -0.384. The largest absolute Gasteiger partial charge is 0.332 e. The van der Waals surface area contributed by atoms with Gasteiger partial charge in [-0.05, 0) is 35.8 Å². The molecule has 0 aliphatic heterocycles. The lowest BCUT2D eigenvalue weighted by atomic mass is 10.3. The number of hydrogen-bond donors (Lipinski definition) is 2. The van der Waals surface area contributed by atoms with Gasteiger partial charge < -0.3 is 5.32 Å². The second-order valence-corrected chi connectivity index (χ2v) is 5.57. The zero-order chi connectivity index (χ0) is 15.4. The summed E-state index contributed by atoms with van der Waals surface area (Å²) in [5.41, 5.74) is 0.122. The first-order valence-electron chi connectivity index (χ1n) is 5.57. The van der Waals surface area contributed by atoms with Crippen molar-refractivity contribution in [2.24, 2.45) is 0 Å². The van der Waals surface area contributed by atoms with Crippen molar-refractivity contribution < 1.29 is 9.72 Å². The van der Waals surface area contributed by atoms with Crippen LogP contribution in [0.25, 0.3) is 0 Å². The Labute approximate surface area is 133 Å². The Morgan fingerprint density at radius 2 is 2.14 bits per heavy atom. The summed E-state index contributed by atoms with van der Waals surface area (Å²) in [6.45, 7) is 0. The Hall–Kier alpha value is -2.03. The van der Waals surface area contributed by atoms with Crippen molar-refractivity contribution in [2.45, 2.75) is 0 Å². The van der Waals surface area contributed by atoms with Crippen molar-refractivity contribution in [1.82, 2.24) is 5.32 Å². The van der Waals surface area contributed by atoms with Crippen LogP contribution in [0.15, 0.2) is 35.7 Å². The first kappa shape index (κ1) is 15.4. The molecule has 0 bridgehead atoms. The van der Waals surface area contributed by atoms with Crippen molar-refractivity contribution in [2.75, 3.05) is 5.32 Å². The molecule has 0 aliphatic rings. The zero-order valence-electron chi connectivity index (χ0n) is 10.3. The maximum Gasteiger partial charge on any atom is 0.289 e. The topological polar surface area (TPSA) is 84.3 Å². The van der Waals surface area contributed by atoms with Crippen molar-refractivity contribution in [3.63, 3.8) is 0 Å². The highest BCUT2D eigenvalue weighted by Gasteiger charge is 2.14. The normalized spacial score (nSPS) is 9.95. The molecule has 0 radical (unpaired) electrons. The third-order valence-corrected chi connectivity index (χ3v) is 3.77. The molecule has 0 fully saturated rings. The van der Waals surface area contributed by atoms with Crippen LogP contribution in [0.2, 0.25) is 5.02 Å². The number of nitrogens with zero attached hydrogens (tertiary/aromatic N) is 1. The van der Waals surface area contributed by atoms with Crippen LogP contribution in [0.1, 0.15) is 9.67 Å². The second-order valence-electron chi connectivity index (χ2n) is 3.81. The van der Waals surface area contributed by atoms with Gasteiger partial charge in [0.25, 0.3) is 11.6 Å². The molecule has 9 heteroatoms. The summed E-state index contributed by atoms with van der Waals surface area (Å²) in [5, 5.41) is 17.8. The van der Waals surface area contributed by atoms with Crippen LogP contribution in [-0.2, 0) is 0 Å².